The molecule has 3 rings (SSSR count). The molecule has 0 amide bonds. The van der Waals surface area contributed by atoms with Crippen LogP contribution in [0, 0.1) is 0 Å². The lowest BCUT2D eigenvalue weighted by molar-refractivity contribution is 0.361. The zero-order chi connectivity index (χ0) is 18.5. The Labute approximate surface area is 155 Å². The van der Waals surface area contributed by atoms with Crippen molar-refractivity contribution in [1.82, 2.24) is 0 Å². The summed E-state index contributed by atoms with van der Waals surface area (Å²) >= 11 is 0. The van der Waals surface area contributed by atoms with Crippen LogP contribution in [0.5, 0.6) is 5.75 Å². The van der Waals surface area contributed by atoms with Crippen LogP contribution in [0.3, 0.4) is 0 Å². The molecule has 26 heavy (non-hydrogen) atoms. The van der Waals surface area contributed by atoms with Crippen molar-refractivity contribution in [1.29, 1.82) is 0 Å². The smallest absolute Gasteiger partial charge is 0.339 e. The van der Waals surface area contributed by atoms with Gasteiger partial charge in [-0.2, -0.15) is 0 Å². The van der Waals surface area contributed by atoms with Gasteiger partial charge in [0.15, 0.2) is 0 Å². The molecule has 0 saturated heterocycles. The highest BCUT2D eigenvalue weighted by Gasteiger charge is 2.18. The molecular weight excluding hydrogens is 324 g/mol. The highest BCUT2D eigenvalue weighted by atomic mass is 16.5. The minimum Gasteiger partial charge on any atom is -0.489 e. The molecule has 1 aliphatic carbocycles. The van der Waals surface area contributed by atoms with Gasteiger partial charge in [-0.25, -0.2) is 4.79 Å². The number of hydrogen-bond acceptors (Lipinski definition) is 3. The summed E-state index contributed by atoms with van der Waals surface area (Å²) in [5.41, 5.74) is 5.17. The fourth-order valence-corrected chi connectivity index (χ4v) is 3.49. The van der Waals surface area contributed by atoms with Crippen LogP contribution >= 0.6 is 0 Å². The van der Waals surface area contributed by atoms with Crippen molar-refractivity contribution in [3.05, 3.63) is 63.0 Å². The van der Waals surface area contributed by atoms with E-state index in [1.807, 2.05) is 18.2 Å². The first-order chi connectivity index (χ1) is 12.5. The summed E-state index contributed by atoms with van der Waals surface area (Å²) in [6.45, 7) is 6.91. The number of allylic oxidation sites excluding steroid dienone is 3. The summed E-state index contributed by atoms with van der Waals surface area (Å²) in [6, 6.07) is 5.85. The normalized spacial score (nSPS) is 14.2. The van der Waals surface area contributed by atoms with E-state index in [1.54, 1.807) is 0 Å². The third kappa shape index (κ3) is 4.46. The average molecular weight is 352 g/mol. The molecule has 0 bridgehead atoms. The summed E-state index contributed by atoms with van der Waals surface area (Å²) in [4.78, 5) is 12.2. The monoisotopic (exact) mass is 352 g/mol. The minimum atomic E-state index is -0.181. The topological polar surface area (TPSA) is 39.4 Å². The number of ether oxygens (including phenoxy) is 1. The Bertz CT molecular complexity index is 896. The Balaban J connectivity index is 1.70. The van der Waals surface area contributed by atoms with Gasteiger partial charge >= 0.3 is 5.63 Å². The molecular formula is C23H28O3. The fourth-order valence-electron chi connectivity index (χ4n) is 3.49. The molecule has 0 saturated carbocycles. The zero-order valence-corrected chi connectivity index (χ0v) is 16.1. The quantitative estimate of drug-likeness (QED) is 0.491. The highest BCUT2D eigenvalue weighted by Crippen LogP contribution is 2.29. The molecule has 1 heterocycles. The van der Waals surface area contributed by atoms with Gasteiger partial charge in [-0.3, -0.25) is 0 Å². The molecule has 0 spiro atoms. The van der Waals surface area contributed by atoms with Crippen molar-refractivity contribution in [3.8, 4) is 5.75 Å². The van der Waals surface area contributed by atoms with Crippen molar-refractivity contribution in [2.75, 3.05) is 6.61 Å². The van der Waals surface area contributed by atoms with Crippen molar-refractivity contribution in [3.63, 3.8) is 0 Å². The van der Waals surface area contributed by atoms with E-state index in [2.05, 4.69) is 32.9 Å². The molecule has 1 aliphatic rings. The molecule has 2 aromatic rings. The number of hydrogen-bond donors (Lipinski definition) is 0. The average Bonchev–Trinajstić information content (AvgIpc) is 2.61. The maximum Gasteiger partial charge on any atom is 0.339 e. The van der Waals surface area contributed by atoms with Crippen LogP contribution in [0.25, 0.3) is 11.0 Å². The second-order valence-electron chi connectivity index (χ2n) is 7.39. The molecule has 1 aromatic heterocycles. The van der Waals surface area contributed by atoms with Gasteiger partial charge in [0.1, 0.15) is 17.9 Å². The first kappa shape index (κ1) is 18.5. The lowest BCUT2D eigenvalue weighted by Gasteiger charge is -2.16. The fraction of sp³-hybridized carbons (Fsp3) is 0.435. The van der Waals surface area contributed by atoms with Crippen molar-refractivity contribution in [2.45, 2.75) is 59.3 Å². The molecule has 0 radical (unpaired) electrons. The van der Waals surface area contributed by atoms with E-state index < -0.39 is 0 Å². The van der Waals surface area contributed by atoms with Crippen LogP contribution < -0.4 is 10.4 Å². The molecule has 3 nitrogen and oxygen atoms in total. The van der Waals surface area contributed by atoms with Gasteiger partial charge in [-0.15, -0.1) is 0 Å². The standard InChI is InChI=1S/C23H28O3/c1-16(2)7-6-8-17(3)13-14-25-18-11-12-20-19-9-4-5-10-21(19)23(24)26-22(20)15-18/h7,11-13,15H,4-6,8-10,14H2,1-3H3/b17-13+. The highest BCUT2D eigenvalue weighted by molar-refractivity contribution is 5.82. The van der Waals surface area contributed by atoms with Crippen LogP contribution in [0.2, 0.25) is 0 Å². The van der Waals surface area contributed by atoms with Crippen LogP contribution in [0.4, 0.5) is 0 Å². The van der Waals surface area contributed by atoms with E-state index in [0.717, 1.165) is 55.2 Å². The van der Waals surface area contributed by atoms with Gasteiger partial charge in [0, 0.05) is 17.0 Å². The van der Waals surface area contributed by atoms with Gasteiger partial charge in [0.05, 0.1) is 0 Å². The van der Waals surface area contributed by atoms with E-state index in [9.17, 15) is 4.79 Å². The van der Waals surface area contributed by atoms with E-state index in [1.165, 1.54) is 16.7 Å². The Kier molecular flexibility index (Phi) is 5.97. The Morgan fingerprint density at radius 2 is 1.88 bits per heavy atom. The first-order valence-corrected chi connectivity index (χ1v) is 9.55. The largest absolute Gasteiger partial charge is 0.489 e. The zero-order valence-electron chi connectivity index (χ0n) is 16.1. The number of rotatable bonds is 6. The lowest BCUT2D eigenvalue weighted by atomic mass is 9.91. The van der Waals surface area contributed by atoms with E-state index >= 15 is 0 Å². The summed E-state index contributed by atoms with van der Waals surface area (Å²) in [5.74, 6) is 0.741. The molecule has 3 heteroatoms. The summed E-state index contributed by atoms with van der Waals surface area (Å²) in [5, 5.41) is 1.06. The second kappa shape index (κ2) is 8.39. The maximum absolute atomic E-state index is 12.2. The summed E-state index contributed by atoms with van der Waals surface area (Å²) in [6.07, 6.45) is 10.5. The second-order valence-corrected chi connectivity index (χ2v) is 7.39. The van der Waals surface area contributed by atoms with Crippen LogP contribution in [-0.2, 0) is 12.8 Å². The SMILES string of the molecule is CC(C)=CCC/C(C)=C/COc1ccc2c3c(c(=O)oc2c1)CCCC3. The van der Waals surface area contributed by atoms with Gasteiger partial charge in [0.2, 0.25) is 0 Å². The number of aryl methyl sites for hydroxylation is 1. The molecule has 0 aliphatic heterocycles. The van der Waals surface area contributed by atoms with Gasteiger partial charge in [-0.05, 0) is 83.1 Å². The predicted octanol–water partition coefficient (Wildman–Crippen LogP) is 5.74. The third-order valence-corrected chi connectivity index (χ3v) is 4.97. The predicted molar refractivity (Wildman–Crippen MR) is 107 cm³/mol. The first-order valence-electron chi connectivity index (χ1n) is 9.55. The molecule has 0 unspecified atom stereocenters. The van der Waals surface area contributed by atoms with Crippen LogP contribution in [0.15, 0.2) is 50.7 Å². The molecule has 138 valence electrons. The molecule has 0 N–H and O–H groups in total. The summed E-state index contributed by atoms with van der Waals surface area (Å²) in [7, 11) is 0. The van der Waals surface area contributed by atoms with Gasteiger partial charge in [-0.1, -0.05) is 17.2 Å². The van der Waals surface area contributed by atoms with Crippen molar-refractivity contribution >= 4 is 11.0 Å². The van der Waals surface area contributed by atoms with Crippen molar-refractivity contribution < 1.29 is 9.15 Å². The van der Waals surface area contributed by atoms with Gasteiger partial charge in [0.25, 0.3) is 0 Å². The molecule has 1 aromatic carbocycles. The number of benzene rings is 1. The van der Waals surface area contributed by atoms with Crippen molar-refractivity contribution in [2.24, 2.45) is 0 Å². The van der Waals surface area contributed by atoms with Gasteiger partial charge < -0.3 is 9.15 Å². The summed E-state index contributed by atoms with van der Waals surface area (Å²) < 4.78 is 11.4. The molecule has 0 fully saturated rings. The number of fused-ring (bicyclic) bond motifs is 3. The lowest BCUT2D eigenvalue weighted by Crippen LogP contribution is -2.15. The Hall–Kier alpha value is -2.29. The van der Waals surface area contributed by atoms with E-state index in [0.29, 0.717) is 12.2 Å². The van der Waals surface area contributed by atoms with Crippen LogP contribution in [0.1, 0.15) is 57.6 Å². The third-order valence-electron chi connectivity index (χ3n) is 4.97. The maximum atomic E-state index is 12.2. The Morgan fingerprint density at radius 1 is 1.12 bits per heavy atom. The van der Waals surface area contributed by atoms with E-state index in [-0.39, 0.29) is 5.63 Å². The van der Waals surface area contributed by atoms with E-state index in [4.69, 9.17) is 9.15 Å². The Morgan fingerprint density at radius 3 is 2.65 bits per heavy atom. The minimum absolute atomic E-state index is 0.181. The van der Waals surface area contributed by atoms with Crippen LogP contribution in [-0.4, -0.2) is 6.61 Å². The molecule has 0 atom stereocenters.